The monoisotopic (exact) mass is 324 g/mol. The molecule has 1 aromatic carbocycles. The molecule has 0 spiro atoms. The van der Waals surface area contributed by atoms with Crippen LogP contribution in [0, 0.1) is 0 Å². The molecular weight excluding hydrogens is 304 g/mol. The van der Waals surface area contributed by atoms with Gasteiger partial charge in [0.05, 0.1) is 11.3 Å². The zero-order valence-electron chi connectivity index (χ0n) is 12.2. The standard InChI is InChI=1S/C15H20N2O4S/c16-22(20,21)14-10-12(15(18)19)6-7-13(14)17-9-8-11-4-2-1-3-5-11/h4,6-7,10,17H,1-3,5,8-9H2,(H,18,19)(H2,16,20,21). The number of aromatic carboxylic acids is 1. The Kier molecular flexibility index (Phi) is 5.20. The fourth-order valence-electron chi connectivity index (χ4n) is 2.53. The predicted octanol–water partition coefficient (Wildman–Crippen LogP) is 2.33. The van der Waals surface area contributed by atoms with Crippen molar-refractivity contribution >= 4 is 21.7 Å². The summed E-state index contributed by atoms with van der Waals surface area (Å²) in [5.41, 5.74) is 1.60. The average molecular weight is 324 g/mol. The Balaban J connectivity index is 2.12. The van der Waals surface area contributed by atoms with Crippen molar-refractivity contribution in [2.45, 2.75) is 37.0 Å². The first-order valence-corrected chi connectivity index (χ1v) is 8.74. The maximum atomic E-state index is 11.6. The van der Waals surface area contributed by atoms with Crippen molar-refractivity contribution in [2.24, 2.45) is 5.14 Å². The highest BCUT2D eigenvalue weighted by molar-refractivity contribution is 7.89. The van der Waals surface area contributed by atoms with Gasteiger partial charge >= 0.3 is 5.97 Å². The van der Waals surface area contributed by atoms with E-state index in [4.69, 9.17) is 10.2 Å². The van der Waals surface area contributed by atoms with Gasteiger partial charge in [-0.15, -0.1) is 0 Å². The number of rotatable bonds is 6. The molecule has 22 heavy (non-hydrogen) atoms. The molecule has 4 N–H and O–H groups in total. The van der Waals surface area contributed by atoms with Gasteiger partial charge in [0.2, 0.25) is 10.0 Å². The Bertz CT molecular complexity index is 695. The first-order valence-electron chi connectivity index (χ1n) is 7.20. The molecule has 0 heterocycles. The van der Waals surface area contributed by atoms with E-state index >= 15 is 0 Å². The van der Waals surface area contributed by atoms with E-state index in [1.54, 1.807) is 0 Å². The number of hydrogen-bond acceptors (Lipinski definition) is 4. The summed E-state index contributed by atoms with van der Waals surface area (Å²) >= 11 is 0. The molecule has 2 rings (SSSR count). The van der Waals surface area contributed by atoms with Gasteiger partial charge in [0, 0.05) is 6.54 Å². The fraction of sp³-hybridized carbons (Fsp3) is 0.400. The molecule has 1 aliphatic carbocycles. The lowest BCUT2D eigenvalue weighted by atomic mass is 9.97. The first-order chi connectivity index (χ1) is 10.4. The molecule has 0 aliphatic heterocycles. The Hall–Kier alpha value is -1.86. The van der Waals surface area contributed by atoms with Crippen LogP contribution in [0.2, 0.25) is 0 Å². The third kappa shape index (κ3) is 4.32. The molecule has 0 atom stereocenters. The van der Waals surface area contributed by atoms with Crippen molar-refractivity contribution in [3.8, 4) is 0 Å². The van der Waals surface area contributed by atoms with Crippen molar-refractivity contribution in [2.75, 3.05) is 11.9 Å². The van der Waals surface area contributed by atoms with E-state index in [0.717, 1.165) is 25.3 Å². The number of sulfonamides is 1. The second-order valence-corrected chi connectivity index (χ2v) is 6.88. The van der Waals surface area contributed by atoms with E-state index in [1.165, 1.54) is 30.5 Å². The fourth-order valence-corrected chi connectivity index (χ4v) is 3.26. The molecule has 0 radical (unpaired) electrons. The van der Waals surface area contributed by atoms with Crippen molar-refractivity contribution in [1.82, 2.24) is 0 Å². The van der Waals surface area contributed by atoms with E-state index in [1.807, 2.05) is 0 Å². The van der Waals surface area contributed by atoms with Crippen LogP contribution in [0.5, 0.6) is 0 Å². The highest BCUT2D eigenvalue weighted by Crippen LogP contribution is 2.24. The van der Waals surface area contributed by atoms with Gasteiger partial charge in [0.15, 0.2) is 0 Å². The zero-order valence-corrected chi connectivity index (χ0v) is 13.0. The number of carboxylic acids is 1. The lowest BCUT2D eigenvalue weighted by molar-refractivity contribution is 0.0696. The second-order valence-electron chi connectivity index (χ2n) is 5.35. The summed E-state index contributed by atoms with van der Waals surface area (Å²) in [5.74, 6) is -1.19. The third-order valence-corrected chi connectivity index (χ3v) is 4.63. The van der Waals surface area contributed by atoms with Gasteiger partial charge in [-0.3, -0.25) is 0 Å². The molecule has 1 aliphatic rings. The number of anilines is 1. The molecule has 6 nitrogen and oxygen atoms in total. The van der Waals surface area contributed by atoms with Crippen LogP contribution < -0.4 is 10.5 Å². The number of carbonyl (C=O) groups is 1. The molecule has 7 heteroatoms. The highest BCUT2D eigenvalue weighted by Gasteiger charge is 2.17. The lowest BCUT2D eigenvalue weighted by Crippen LogP contribution is -2.16. The SMILES string of the molecule is NS(=O)(=O)c1cc(C(=O)O)ccc1NCCC1=CCCCC1. The van der Waals surface area contributed by atoms with E-state index in [2.05, 4.69) is 11.4 Å². The number of nitrogens with two attached hydrogens (primary N) is 1. The molecule has 0 amide bonds. The smallest absolute Gasteiger partial charge is 0.335 e. The van der Waals surface area contributed by atoms with Gasteiger partial charge in [-0.05, 0) is 50.3 Å². The average Bonchev–Trinajstić information content (AvgIpc) is 2.47. The van der Waals surface area contributed by atoms with E-state index in [0.29, 0.717) is 12.2 Å². The number of allylic oxidation sites excluding steroid dienone is 1. The number of carboxylic acid groups (broad SMARTS) is 1. The van der Waals surface area contributed by atoms with Crippen LogP contribution in [0.1, 0.15) is 42.5 Å². The number of hydrogen-bond donors (Lipinski definition) is 3. The van der Waals surface area contributed by atoms with E-state index < -0.39 is 16.0 Å². The van der Waals surface area contributed by atoms with E-state index in [9.17, 15) is 13.2 Å². The lowest BCUT2D eigenvalue weighted by Gasteiger charge is -2.15. The number of benzene rings is 1. The van der Waals surface area contributed by atoms with Gasteiger partial charge in [-0.1, -0.05) is 11.6 Å². The number of nitrogens with one attached hydrogen (secondary N) is 1. The van der Waals surface area contributed by atoms with E-state index in [-0.39, 0.29) is 10.5 Å². The molecule has 0 saturated heterocycles. The van der Waals surface area contributed by atoms with Crippen molar-refractivity contribution in [3.63, 3.8) is 0 Å². The summed E-state index contributed by atoms with van der Waals surface area (Å²) in [6, 6.07) is 3.89. The van der Waals surface area contributed by atoms with Crippen molar-refractivity contribution in [3.05, 3.63) is 35.4 Å². The molecular formula is C15H20N2O4S. The van der Waals surface area contributed by atoms with Gasteiger partial charge in [-0.25, -0.2) is 18.4 Å². The molecule has 0 saturated carbocycles. The van der Waals surface area contributed by atoms with Crippen molar-refractivity contribution in [1.29, 1.82) is 0 Å². The van der Waals surface area contributed by atoms with Crippen LogP contribution in [-0.4, -0.2) is 26.0 Å². The Morgan fingerprint density at radius 3 is 2.68 bits per heavy atom. The minimum Gasteiger partial charge on any atom is -0.478 e. The summed E-state index contributed by atoms with van der Waals surface area (Å²) in [7, 11) is -3.99. The maximum absolute atomic E-state index is 11.6. The van der Waals surface area contributed by atoms with Gasteiger partial charge in [0.1, 0.15) is 4.90 Å². The van der Waals surface area contributed by atoms with Crippen LogP contribution >= 0.6 is 0 Å². The zero-order chi connectivity index (χ0) is 16.2. The predicted molar refractivity (Wildman–Crippen MR) is 84.4 cm³/mol. The van der Waals surface area contributed by atoms with Crippen LogP contribution in [0.4, 0.5) is 5.69 Å². The molecule has 0 aromatic heterocycles. The quantitative estimate of drug-likeness (QED) is 0.696. The second kappa shape index (κ2) is 6.93. The summed E-state index contributed by atoms with van der Waals surface area (Å²) < 4.78 is 23.3. The van der Waals surface area contributed by atoms with Crippen molar-refractivity contribution < 1.29 is 18.3 Å². The van der Waals surface area contributed by atoms with Crippen LogP contribution in [-0.2, 0) is 10.0 Å². The Morgan fingerprint density at radius 1 is 1.32 bits per heavy atom. The molecule has 0 unspecified atom stereocenters. The largest absolute Gasteiger partial charge is 0.478 e. The first kappa shape index (κ1) is 16.5. The molecule has 120 valence electrons. The summed E-state index contributed by atoms with van der Waals surface area (Å²) in [4.78, 5) is 10.8. The van der Waals surface area contributed by atoms with Crippen LogP contribution in [0.3, 0.4) is 0 Å². The summed E-state index contributed by atoms with van der Waals surface area (Å²) in [6.45, 7) is 0.584. The minimum absolute atomic E-state index is 0.107. The van der Waals surface area contributed by atoms with Gasteiger partial charge in [0.25, 0.3) is 0 Å². The summed E-state index contributed by atoms with van der Waals surface area (Å²) in [5, 5.41) is 17.2. The van der Waals surface area contributed by atoms with Crippen LogP contribution in [0.25, 0.3) is 0 Å². The molecule has 1 aromatic rings. The highest BCUT2D eigenvalue weighted by atomic mass is 32.2. The summed E-state index contributed by atoms with van der Waals surface area (Å²) in [6.07, 6.45) is 7.68. The maximum Gasteiger partial charge on any atom is 0.335 e. The minimum atomic E-state index is -3.99. The third-order valence-electron chi connectivity index (χ3n) is 3.68. The van der Waals surface area contributed by atoms with Crippen LogP contribution in [0.15, 0.2) is 34.7 Å². The number of primary sulfonamides is 1. The Morgan fingerprint density at radius 2 is 2.09 bits per heavy atom. The van der Waals surface area contributed by atoms with Gasteiger partial charge < -0.3 is 10.4 Å². The van der Waals surface area contributed by atoms with Gasteiger partial charge in [-0.2, -0.15) is 0 Å². The molecule has 0 bridgehead atoms. The topological polar surface area (TPSA) is 109 Å². The Labute approximate surface area is 130 Å². The normalized spacial score (nSPS) is 15.2. The molecule has 0 fully saturated rings.